The van der Waals surface area contributed by atoms with Gasteiger partial charge in [-0.3, -0.25) is 4.79 Å². The summed E-state index contributed by atoms with van der Waals surface area (Å²) < 4.78 is 7.07. The molecule has 3 atom stereocenters. The van der Waals surface area contributed by atoms with Gasteiger partial charge in [0.1, 0.15) is 0 Å². The maximum atomic E-state index is 10.7. The smallest absolute Gasteiger partial charge is 0.302 e. The molecular weight excluding hydrogens is 290 g/mol. The third kappa shape index (κ3) is 3.93. The Labute approximate surface area is 138 Å². The molecule has 1 heterocycles. The summed E-state index contributed by atoms with van der Waals surface area (Å²) in [6.07, 6.45) is 9.66. The Bertz CT molecular complexity index is 540. The van der Waals surface area contributed by atoms with Crippen LogP contribution in [0.5, 0.6) is 0 Å². The minimum atomic E-state index is -0.162. The van der Waals surface area contributed by atoms with Crippen molar-refractivity contribution in [2.45, 2.75) is 71.8 Å². The topological polar surface area (TPSA) is 57.0 Å². The molecule has 0 bridgehead atoms. The predicted octanol–water partition coefficient (Wildman–Crippen LogP) is 3.16. The summed E-state index contributed by atoms with van der Waals surface area (Å²) in [6, 6.07) is 0. The fourth-order valence-corrected chi connectivity index (χ4v) is 4.38. The van der Waals surface area contributed by atoms with Crippen molar-refractivity contribution in [3.63, 3.8) is 0 Å². The molecule has 0 N–H and O–H groups in total. The molecule has 0 aliphatic heterocycles. The monoisotopic (exact) mass is 319 g/mol. The molecule has 2 aliphatic rings. The van der Waals surface area contributed by atoms with Crippen LogP contribution in [0.2, 0.25) is 0 Å². The van der Waals surface area contributed by atoms with Crippen LogP contribution in [0.15, 0.2) is 0 Å². The van der Waals surface area contributed by atoms with Gasteiger partial charge in [0.2, 0.25) is 0 Å². The van der Waals surface area contributed by atoms with Gasteiger partial charge in [0.15, 0.2) is 0 Å². The van der Waals surface area contributed by atoms with Gasteiger partial charge in [0, 0.05) is 13.5 Å². The van der Waals surface area contributed by atoms with Crippen molar-refractivity contribution < 1.29 is 9.53 Å². The Balaban J connectivity index is 1.40. The molecule has 1 saturated carbocycles. The predicted molar refractivity (Wildman–Crippen MR) is 87.9 cm³/mol. The summed E-state index contributed by atoms with van der Waals surface area (Å²) in [5.41, 5.74) is 2.63. The molecule has 0 saturated heterocycles. The Morgan fingerprint density at radius 3 is 2.74 bits per heavy atom. The van der Waals surface area contributed by atoms with E-state index in [1.807, 2.05) is 0 Å². The van der Waals surface area contributed by atoms with Gasteiger partial charge in [0.25, 0.3) is 0 Å². The number of nitrogens with zero attached hydrogens (tertiary/aromatic N) is 3. The summed E-state index contributed by atoms with van der Waals surface area (Å²) >= 11 is 0. The quantitative estimate of drug-likeness (QED) is 0.572. The zero-order valence-electron chi connectivity index (χ0n) is 14.5. The van der Waals surface area contributed by atoms with E-state index in [9.17, 15) is 4.79 Å². The van der Waals surface area contributed by atoms with Gasteiger partial charge in [-0.25, -0.2) is 4.68 Å². The third-order valence-electron chi connectivity index (χ3n) is 5.64. The average molecular weight is 319 g/mol. The number of carbonyl (C=O) groups excluding carboxylic acids is 1. The molecule has 0 radical (unpaired) electrons. The van der Waals surface area contributed by atoms with Gasteiger partial charge >= 0.3 is 5.97 Å². The van der Waals surface area contributed by atoms with Crippen LogP contribution in [-0.2, 0) is 28.9 Å². The first kappa shape index (κ1) is 16.5. The number of carbonyl (C=O) groups is 1. The first-order valence-electron chi connectivity index (χ1n) is 9.25. The van der Waals surface area contributed by atoms with E-state index in [1.54, 1.807) is 0 Å². The Hall–Kier alpha value is -1.39. The molecule has 3 unspecified atom stereocenters. The van der Waals surface area contributed by atoms with Crippen LogP contribution in [0.1, 0.15) is 63.8 Å². The fraction of sp³-hybridized carbons (Fsp3) is 0.833. The van der Waals surface area contributed by atoms with Crippen molar-refractivity contribution in [1.82, 2.24) is 15.0 Å². The summed E-state index contributed by atoms with van der Waals surface area (Å²) in [7, 11) is 0. The second-order valence-corrected chi connectivity index (χ2v) is 7.06. The highest BCUT2D eigenvalue weighted by molar-refractivity contribution is 5.65. The van der Waals surface area contributed by atoms with E-state index in [1.165, 1.54) is 50.4 Å². The SMILES string of the molecule is CCn1nnc2c1CCC1C(CCCCCOC(C)=O)C1CC2. The first-order valence-corrected chi connectivity index (χ1v) is 9.25. The van der Waals surface area contributed by atoms with E-state index in [0.717, 1.165) is 43.6 Å². The Morgan fingerprint density at radius 1 is 1.22 bits per heavy atom. The van der Waals surface area contributed by atoms with E-state index in [0.29, 0.717) is 6.61 Å². The van der Waals surface area contributed by atoms with Gasteiger partial charge in [0.05, 0.1) is 18.0 Å². The van der Waals surface area contributed by atoms with E-state index < -0.39 is 0 Å². The molecule has 1 aromatic rings. The lowest BCUT2D eigenvalue weighted by molar-refractivity contribution is -0.141. The van der Waals surface area contributed by atoms with E-state index >= 15 is 0 Å². The number of unbranched alkanes of at least 4 members (excludes halogenated alkanes) is 2. The number of ether oxygens (including phenoxy) is 1. The van der Waals surface area contributed by atoms with E-state index in [-0.39, 0.29) is 5.97 Å². The van der Waals surface area contributed by atoms with Crippen LogP contribution in [-0.4, -0.2) is 27.6 Å². The van der Waals surface area contributed by atoms with Crippen molar-refractivity contribution >= 4 is 5.97 Å². The van der Waals surface area contributed by atoms with E-state index in [2.05, 4.69) is 21.9 Å². The van der Waals surface area contributed by atoms with Gasteiger partial charge in [-0.15, -0.1) is 5.10 Å². The largest absolute Gasteiger partial charge is 0.466 e. The third-order valence-corrected chi connectivity index (χ3v) is 5.64. The number of hydrogen-bond donors (Lipinski definition) is 0. The van der Waals surface area contributed by atoms with Crippen molar-refractivity contribution in [2.75, 3.05) is 6.61 Å². The molecule has 5 nitrogen and oxygen atoms in total. The van der Waals surface area contributed by atoms with Crippen molar-refractivity contribution in [2.24, 2.45) is 17.8 Å². The van der Waals surface area contributed by atoms with Gasteiger partial charge in [-0.05, 0) is 63.2 Å². The van der Waals surface area contributed by atoms with Crippen LogP contribution >= 0.6 is 0 Å². The molecule has 0 amide bonds. The minimum absolute atomic E-state index is 0.162. The normalized spacial score (nSPS) is 25.9. The molecule has 2 aliphatic carbocycles. The first-order chi connectivity index (χ1) is 11.2. The van der Waals surface area contributed by atoms with Crippen LogP contribution < -0.4 is 0 Å². The zero-order chi connectivity index (χ0) is 16.2. The molecule has 128 valence electrons. The lowest BCUT2D eigenvalue weighted by Crippen LogP contribution is -2.07. The number of hydrogen-bond acceptors (Lipinski definition) is 4. The molecule has 1 fully saturated rings. The molecule has 1 aromatic heterocycles. The van der Waals surface area contributed by atoms with Crippen molar-refractivity contribution in [3.8, 4) is 0 Å². The standard InChI is InChI=1S/C18H29N3O2/c1-3-21-18-11-9-16-14(7-5-4-6-12-23-13(2)22)15(16)8-10-17(18)19-20-21/h14-16H,3-12H2,1-2H3. The minimum Gasteiger partial charge on any atom is -0.466 e. The maximum absolute atomic E-state index is 10.7. The van der Waals surface area contributed by atoms with E-state index in [4.69, 9.17) is 4.74 Å². The van der Waals surface area contributed by atoms with Gasteiger partial charge in [-0.1, -0.05) is 18.1 Å². The Kier molecular flexibility index (Phi) is 5.34. The number of fused-ring (bicyclic) bond motifs is 2. The summed E-state index contributed by atoms with van der Waals surface area (Å²) in [6.45, 7) is 5.14. The molecule has 23 heavy (non-hydrogen) atoms. The Morgan fingerprint density at radius 2 is 2.00 bits per heavy atom. The van der Waals surface area contributed by atoms with Crippen LogP contribution in [0.25, 0.3) is 0 Å². The fourth-order valence-electron chi connectivity index (χ4n) is 4.38. The summed E-state index contributed by atoms with van der Waals surface area (Å²) in [5.74, 6) is 2.61. The van der Waals surface area contributed by atoms with Crippen molar-refractivity contribution in [3.05, 3.63) is 11.4 Å². The maximum Gasteiger partial charge on any atom is 0.302 e. The lowest BCUT2D eigenvalue weighted by atomic mass is 10.0. The number of aryl methyl sites for hydroxylation is 2. The average Bonchev–Trinajstić information content (AvgIpc) is 3.00. The van der Waals surface area contributed by atoms with Crippen molar-refractivity contribution in [1.29, 1.82) is 0 Å². The zero-order valence-corrected chi connectivity index (χ0v) is 14.5. The van der Waals surface area contributed by atoms with Gasteiger partial charge < -0.3 is 4.74 Å². The highest BCUT2D eigenvalue weighted by Crippen LogP contribution is 2.55. The second-order valence-electron chi connectivity index (χ2n) is 7.06. The van der Waals surface area contributed by atoms with Crippen LogP contribution in [0, 0.1) is 17.8 Å². The molecule has 5 heteroatoms. The molecular formula is C18H29N3O2. The van der Waals surface area contributed by atoms with Crippen LogP contribution in [0.3, 0.4) is 0 Å². The molecule has 0 aromatic carbocycles. The molecule has 0 spiro atoms. The second kappa shape index (κ2) is 7.45. The number of aromatic nitrogens is 3. The highest BCUT2D eigenvalue weighted by Gasteiger charge is 2.48. The van der Waals surface area contributed by atoms with Crippen LogP contribution in [0.4, 0.5) is 0 Å². The number of rotatable bonds is 7. The number of esters is 1. The molecule has 3 rings (SSSR count). The summed E-state index contributed by atoms with van der Waals surface area (Å²) in [5, 5.41) is 8.67. The highest BCUT2D eigenvalue weighted by atomic mass is 16.5. The lowest BCUT2D eigenvalue weighted by Gasteiger charge is -2.09. The summed E-state index contributed by atoms with van der Waals surface area (Å²) in [4.78, 5) is 10.7. The van der Waals surface area contributed by atoms with Gasteiger partial charge in [-0.2, -0.15) is 0 Å².